The van der Waals surface area contributed by atoms with Gasteiger partial charge in [0.25, 0.3) is 5.91 Å². The molecular formula is C11H14FNO3. The van der Waals surface area contributed by atoms with Gasteiger partial charge in [-0.1, -0.05) is 0 Å². The number of carbonyl (C=O) groups excluding carboxylic acids is 1. The quantitative estimate of drug-likeness (QED) is 0.689. The third-order valence-corrected chi connectivity index (χ3v) is 2.20. The van der Waals surface area contributed by atoms with Gasteiger partial charge in [-0.05, 0) is 30.7 Å². The fourth-order valence-electron chi connectivity index (χ4n) is 1.20. The number of hydrogen-bond donors (Lipinski definition) is 3. The first kappa shape index (κ1) is 12.6. The Hall–Kier alpha value is -1.46. The smallest absolute Gasteiger partial charge is 0.251 e. The molecule has 0 aliphatic heterocycles. The van der Waals surface area contributed by atoms with Crippen molar-refractivity contribution in [1.29, 1.82) is 0 Å². The van der Waals surface area contributed by atoms with Crippen LogP contribution in [0, 0.1) is 12.7 Å². The molecular weight excluding hydrogens is 213 g/mol. The zero-order valence-corrected chi connectivity index (χ0v) is 8.90. The van der Waals surface area contributed by atoms with Crippen molar-refractivity contribution in [1.82, 2.24) is 5.32 Å². The van der Waals surface area contributed by atoms with Gasteiger partial charge >= 0.3 is 0 Å². The van der Waals surface area contributed by atoms with Gasteiger partial charge in [-0.25, -0.2) is 4.39 Å². The van der Waals surface area contributed by atoms with Gasteiger partial charge in [0, 0.05) is 5.56 Å². The fourth-order valence-corrected chi connectivity index (χ4v) is 1.20. The second-order valence-electron chi connectivity index (χ2n) is 3.50. The van der Waals surface area contributed by atoms with Gasteiger partial charge in [-0.2, -0.15) is 0 Å². The Bertz CT molecular complexity index is 377. The van der Waals surface area contributed by atoms with Crippen LogP contribution in [-0.4, -0.2) is 35.4 Å². The number of aryl methyl sites for hydroxylation is 1. The highest BCUT2D eigenvalue weighted by atomic mass is 19.1. The standard InChI is InChI=1S/C11H14FNO3/c1-7-4-8(2-3-10(7)12)11(16)13-9(5-14)6-15/h2-4,9,14-15H,5-6H2,1H3,(H,13,16). The van der Waals surface area contributed by atoms with Gasteiger partial charge in [0.15, 0.2) is 0 Å². The first-order valence-electron chi connectivity index (χ1n) is 4.87. The van der Waals surface area contributed by atoms with Crippen molar-refractivity contribution < 1.29 is 19.4 Å². The summed E-state index contributed by atoms with van der Waals surface area (Å²) in [5, 5.41) is 20.0. The average molecular weight is 227 g/mol. The van der Waals surface area contributed by atoms with Crippen LogP contribution >= 0.6 is 0 Å². The molecule has 0 atom stereocenters. The third kappa shape index (κ3) is 3.01. The van der Waals surface area contributed by atoms with E-state index in [0.717, 1.165) is 0 Å². The number of aliphatic hydroxyl groups excluding tert-OH is 2. The van der Waals surface area contributed by atoms with Gasteiger partial charge < -0.3 is 15.5 Å². The summed E-state index contributed by atoms with van der Waals surface area (Å²) in [5.74, 6) is -0.825. The molecule has 5 heteroatoms. The molecule has 1 aromatic carbocycles. The molecule has 1 amide bonds. The van der Waals surface area contributed by atoms with Crippen molar-refractivity contribution in [3.63, 3.8) is 0 Å². The topological polar surface area (TPSA) is 69.6 Å². The summed E-state index contributed by atoms with van der Waals surface area (Å²) in [6.45, 7) is 0.868. The van der Waals surface area contributed by atoms with Gasteiger partial charge in [0.05, 0.1) is 19.3 Å². The van der Waals surface area contributed by atoms with Crippen molar-refractivity contribution >= 4 is 5.91 Å². The predicted molar refractivity (Wildman–Crippen MR) is 56.6 cm³/mol. The molecule has 0 radical (unpaired) electrons. The van der Waals surface area contributed by atoms with Crippen LogP contribution in [0.1, 0.15) is 15.9 Å². The number of carbonyl (C=O) groups is 1. The Labute approximate surface area is 92.7 Å². The fraction of sp³-hybridized carbons (Fsp3) is 0.364. The molecule has 4 nitrogen and oxygen atoms in total. The van der Waals surface area contributed by atoms with E-state index in [1.54, 1.807) is 6.92 Å². The number of nitrogens with one attached hydrogen (secondary N) is 1. The van der Waals surface area contributed by atoms with E-state index in [1.807, 2.05) is 0 Å². The molecule has 0 spiro atoms. The Morgan fingerprint density at radius 3 is 2.56 bits per heavy atom. The van der Waals surface area contributed by atoms with Gasteiger partial charge in [0.2, 0.25) is 0 Å². The highest BCUT2D eigenvalue weighted by Crippen LogP contribution is 2.09. The van der Waals surface area contributed by atoms with E-state index < -0.39 is 11.9 Å². The van der Waals surface area contributed by atoms with Crippen LogP contribution in [0.2, 0.25) is 0 Å². The number of hydrogen-bond acceptors (Lipinski definition) is 3. The van der Waals surface area contributed by atoms with Crippen LogP contribution in [0.25, 0.3) is 0 Å². The highest BCUT2D eigenvalue weighted by Gasteiger charge is 2.12. The average Bonchev–Trinajstić information content (AvgIpc) is 2.29. The van der Waals surface area contributed by atoms with E-state index in [1.165, 1.54) is 18.2 Å². The zero-order chi connectivity index (χ0) is 12.1. The summed E-state index contributed by atoms with van der Waals surface area (Å²) in [5.41, 5.74) is 0.669. The lowest BCUT2D eigenvalue weighted by Gasteiger charge is -2.13. The summed E-state index contributed by atoms with van der Waals surface area (Å²) in [6, 6.07) is 3.27. The number of amides is 1. The number of benzene rings is 1. The summed E-state index contributed by atoms with van der Waals surface area (Å²) >= 11 is 0. The molecule has 3 N–H and O–H groups in total. The SMILES string of the molecule is Cc1cc(C(=O)NC(CO)CO)ccc1F. The lowest BCUT2D eigenvalue weighted by molar-refractivity contribution is 0.0879. The Kier molecular flexibility index (Phi) is 4.39. The van der Waals surface area contributed by atoms with E-state index in [-0.39, 0.29) is 19.0 Å². The van der Waals surface area contributed by atoms with E-state index in [0.29, 0.717) is 11.1 Å². The van der Waals surface area contributed by atoms with Gasteiger partial charge in [-0.15, -0.1) is 0 Å². The number of aliphatic hydroxyl groups is 2. The van der Waals surface area contributed by atoms with Crippen LogP contribution in [0.15, 0.2) is 18.2 Å². The molecule has 0 fully saturated rings. The normalized spacial score (nSPS) is 10.6. The lowest BCUT2D eigenvalue weighted by atomic mass is 10.1. The molecule has 16 heavy (non-hydrogen) atoms. The monoisotopic (exact) mass is 227 g/mol. The van der Waals surface area contributed by atoms with Crippen LogP contribution in [0.4, 0.5) is 4.39 Å². The Balaban J connectivity index is 2.76. The minimum Gasteiger partial charge on any atom is -0.394 e. The first-order chi connectivity index (χ1) is 7.58. The molecule has 0 saturated heterocycles. The second-order valence-corrected chi connectivity index (χ2v) is 3.50. The van der Waals surface area contributed by atoms with Crippen molar-refractivity contribution in [3.05, 3.63) is 35.1 Å². The molecule has 0 heterocycles. The van der Waals surface area contributed by atoms with Crippen molar-refractivity contribution in [3.8, 4) is 0 Å². The molecule has 88 valence electrons. The molecule has 0 unspecified atom stereocenters. The Morgan fingerprint density at radius 2 is 2.06 bits per heavy atom. The molecule has 0 aliphatic rings. The Morgan fingerprint density at radius 1 is 1.44 bits per heavy atom. The predicted octanol–water partition coefficient (Wildman–Crippen LogP) is 0.217. The van der Waals surface area contributed by atoms with E-state index in [2.05, 4.69) is 5.32 Å². The molecule has 0 saturated carbocycles. The minimum atomic E-state index is -0.696. The number of halogens is 1. The lowest BCUT2D eigenvalue weighted by Crippen LogP contribution is -2.40. The van der Waals surface area contributed by atoms with E-state index >= 15 is 0 Å². The summed E-state index contributed by atoms with van der Waals surface area (Å²) in [4.78, 5) is 11.6. The van der Waals surface area contributed by atoms with Crippen LogP contribution < -0.4 is 5.32 Å². The maximum Gasteiger partial charge on any atom is 0.251 e. The van der Waals surface area contributed by atoms with Crippen molar-refractivity contribution in [2.45, 2.75) is 13.0 Å². The van der Waals surface area contributed by atoms with E-state index in [4.69, 9.17) is 10.2 Å². The van der Waals surface area contributed by atoms with Crippen LogP contribution in [-0.2, 0) is 0 Å². The summed E-state index contributed by atoms with van der Waals surface area (Å²) < 4.78 is 12.9. The molecule has 0 aromatic heterocycles. The highest BCUT2D eigenvalue weighted by molar-refractivity contribution is 5.94. The van der Waals surface area contributed by atoms with Gasteiger partial charge in [-0.3, -0.25) is 4.79 Å². The molecule has 1 aromatic rings. The van der Waals surface area contributed by atoms with Crippen LogP contribution in [0.3, 0.4) is 0 Å². The first-order valence-corrected chi connectivity index (χ1v) is 4.87. The van der Waals surface area contributed by atoms with Crippen molar-refractivity contribution in [2.75, 3.05) is 13.2 Å². The summed E-state index contributed by atoms with van der Waals surface area (Å²) in [7, 11) is 0. The maximum atomic E-state index is 12.9. The van der Waals surface area contributed by atoms with Crippen molar-refractivity contribution in [2.24, 2.45) is 0 Å². The number of rotatable bonds is 4. The third-order valence-electron chi connectivity index (χ3n) is 2.20. The van der Waals surface area contributed by atoms with E-state index in [9.17, 15) is 9.18 Å². The largest absolute Gasteiger partial charge is 0.394 e. The van der Waals surface area contributed by atoms with Crippen LogP contribution in [0.5, 0.6) is 0 Å². The molecule has 0 bridgehead atoms. The minimum absolute atomic E-state index is 0.297. The van der Waals surface area contributed by atoms with Gasteiger partial charge in [0.1, 0.15) is 5.82 Å². The second kappa shape index (κ2) is 5.58. The summed E-state index contributed by atoms with van der Waals surface area (Å²) in [6.07, 6.45) is 0. The molecule has 0 aliphatic carbocycles. The molecule has 1 rings (SSSR count). The zero-order valence-electron chi connectivity index (χ0n) is 8.90. The maximum absolute atomic E-state index is 12.9.